The molecular weight excluding hydrogens is 308 g/mol. The van der Waals surface area contributed by atoms with Crippen LogP contribution in [0.25, 0.3) is 0 Å². The molecule has 1 amide bonds. The van der Waals surface area contributed by atoms with Crippen LogP contribution in [0, 0.1) is 0 Å². The van der Waals surface area contributed by atoms with Gasteiger partial charge in [0.1, 0.15) is 6.54 Å². The van der Waals surface area contributed by atoms with Gasteiger partial charge in [-0.05, 0) is 38.6 Å². The van der Waals surface area contributed by atoms with Crippen molar-refractivity contribution in [3.63, 3.8) is 0 Å². The fraction of sp³-hybridized carbons (Fsp3) is 0.875. The molecule has 0 atom stereocenters. The molecule has 8 nitrogen and oxygen atoms in total. The summed E-state index contributed by atoms with van der Waals surface area (Å²) in [5.74, 6) is 0.606. The molecule has 1 N–H and O–H groups in total. The predicted molar refractivity (Wildman–Crippen MR) is 90.5 cm³/mol. The van der Waals surface area contributed by atoms with Gasteiger partial charge in [0.25, 0.3) is 0 Å². The summed E-state index contributed by atoms with van der Waals surface area (Å²) in [5.41, 5.74) is -0.846. The number of hydrogen-bond donors (Lipinski definition) is 1. The molecule has 0 aromatic carbocycles. The number of nitrogens with zero attached hydrogens (tertiary/aromatic N) is 6. The summed E-state index contributed by atoms with van der Waals surface area (Å²) < 4.78 is 0. The molecule has 1 aliphatic heterocycles. The van der Waals surface area contributed by atoms with Crippen LogP contribution in [0.3, 0.4) is 0 Å². The maximum Gasteiger partial charge on any atom is 0.246 e. The normalized spacial score (nSPS) is 18.2. The second-order valence-electron chi connectivity index (χ2n) is 8.05. The number of carbonyl (C=O) groups is 1. The minimum Gasteiger partial charge on any atom is -0.390 e. The highest BCUT2D eigenvalue weighted by atomic mass is 16.3. The number of likely N-dealkylation sites (tertiary alicyclic amines) is 1. The molecule has 1 aliphatic rings. The summed E-state index contributed by atoms with van der Waals surface area (Å²) in [6, 6.07) is 0. The molecule has 1 aromatic heterocycles. The standard InChI is InChI=1S/C16H30N6O2/c1-15(2,3)14-17-19-22(18-14)12-13(23)21-10-7-16(24,8-11-21)6-9-20(4)5/h24H,6-12H2,1-5H3. The molecule has 0 bridgehead atoms. The summed E-state index contributed by atoms with van der Waals surface area (Å²) in [4.78, 5) is 17.6. The zero-order chi connectivity index (χ0) is 18.0. The molecule has 1 saturated heterocycles. The molecule has 0 saturated carbocycles. The molecule has 8 heteroatoms. The third-order valence-electron chi connectivity index (χ3n) is 4.47. The minimum atomic E-state index is -0.661. The van der Waals surface area contributed by atoms with Gasteiger partial charge < -0.3 is 14.9 Å². The molecule has 0 unspecified atom stereocenters. The topological polar surface area (TPSA) is 87.4 Å². The van der Waals surface area contributed by atoms with E-state index in [4.69, 9.17) is 0 Å². The number of hydrogen-bond acceptors (Lipinski definition) is 6. The van der Waals surface area contributed by atoms with E-state index in [1.807, 2.05) is 34.9 Å². The summed E-state index contributed by atoms with van der Waals surface area (Å²) in [6.07, 6.45) is 1.97. The van der Waals surface area contributed by atoms with E-state index >= 15 is 0 Å². The van der Waals surface area contributed by atoms with E-state index in [0.29, 0.717) is 31.8 Å². The number of tetrazole rings is 1. The Morgan fingerprint density at radius 2 is 1.92 bits per heavy atom. The number of rotatable bonds is 5. The summed E-state index contributed by atoms with van der Waals surface area (Å²) in [5, 5.41) is 22.9. The third-order valence-corrected chi connectivity index (χ3v) is 4.47. The quantitative estimate of drug-likeness (QED) is 0.829. The first-order chi connectivity index (χ1) is 11.1. The van der Waals surface area contributed by atoms with E-state index in [1.165, 1.54) is 4.80 Å². The Labute approximate surface area is 143 Å². The highest BCUT2D eigenvalue weighted by molar-refractivity contribution is 5.75. The molecule has 1 fully saturated rings. The fourth-order valence-corrected chi connectivity index (χ4v) is 2.69. The number of aliphatic hydroxyl groups is 1. The lowest BCUT2D eigenvalue weighted by Crippen LogP contribution is -2.48. The van der Waals surface area contributed by atoms with Crippen molar-refractivity contribution in [3.05, 3.63) is 5.82 Å². The number of aromatic nitrogens is 4. The van der Waals surface area contributed by atoms with E-state index in [2.05, 4.69) is 20.3 Å². The molecular formula is C16H30N6O2. The van der Waals surface area contributed by atoms with Gasteiger partial charge >= 0.3 is 0 Å². The van der Waals surface area contributed by atoms with Crippen LogP contribution < -0.4 is 0 Å². The van der Waals surface area contributed by atoms with E-state index in [-0.39, 0.29) is 17.9 Å². The molecule has 2 rings (SSSR count). The van der Waals surface area contributed by atoms with Crippen LogP contribution in [0.5, 0.6) is 0 Å². The van der Waals surface area contributed by atoms with Crippen molar-refractivity contribution in [2.24, 2.45) is 0 Å². The van der Waals surface area contributed by atoms with Crippen LogP contribution in [-0.4, -0.2) is 80.4 Å². The van der Waals surface area contributed by atoms with Gasteiger partial charge in [0.2, 0.25) is 5.91 Å². The Morgan fingerprint density at radius 3 is 2.42 bits per heavy atom. The number of piperidine rings is 1. The molecule has 136 valence electrons. The van der Waals surface area contributed by atoms with Crippen molar-refractivity contribution in [1.82, 2.24) is 30.0 Å². The van der Waals surface area contributed by atoms with Crippen molar-refractivity contribution in [2.75, 3.05) is 33.7 Å². The maximum atomic E-state index is 12.4. The first-order valence-corrected chi connectivity index (χ1v) is 8.52. The first-order valence-electron chi connectivity index (χ1n) is 8.52. The summed E-state index contributed by atoms with van der Waals surface area (Å²) in [6.45, 7) is 8.12. The van der Waals surface area contributed by atoms with Crippen LogP contribution in [0.1, 0.15) is 45.9 Å². The first kappa shape index (κ1) is 18.8. The minimum absolute atomic E-state index is 0.0254. The van der Waals surface area contributed by atoms with Crippen molar-refractivity contribution >= 4 is 5.91 Å². The average molecular weight is 338 g/mol. The Balaban J connectivity index is 1.86. The molecule has 0 radical (unpaired) electrons. The third kappa shape index (κ3) is 4.98. The van der Waals surface area contributed by atoms with Gasteiger partial charge in [-0.25, -0.2) is 0 Å². The number of carbonyl (C=O) groups excluding carboxylic acids is 1. The summed E-state index contributed by atoms with van der Waals surface area (Å²) >= 11 is 0. The molecule has 2 heterocycles. The van der Waals surface area contributed by atoms with Gasteiger partial charge in [-0.3, -0.25) is 4.79 Å². The highest BCUT2D eigenvalue weighted by Gasteiger charge is 2.33. The summed E-state index contributed by atoms with van der Waals surface area (Å²) in [7, 11) is 4.00. The highest BCUT2D eigenvalue weighted by Crippen LogP contribution is 2.26. The van der Waals surface area contributed by atoms with Crippen LogP contribution >= 0.6 is 0 Å². The van der Waals surface area contributed by atoms with Crippen molar-refractivity contribution in [2.45, 2.75) is 57.6 Å². The van der Waals surface area contributed by atoms with E-state index < -0.39 is 5.60 Å². The van der Waals surface area contributed by atoms with Crippen LogP contribution in [0.2, 0.25) is 0 Å². The van der Waals surface area contributed by atoms with E-state index in [9.17, 15) is 9.90 Å². The zero-order valence-corrected chi connectivity index (χ0v) is 15.5. The van der Waals surface area contributed by atoms with Gasteiger partial charge in [0.15, 0.2) is 5.82 Å². The lowest BCUT2D eigenvalue weighted by Gasteiger charge is -2.38. The zero-order valence-electron chi connectivity index (χ0n) is 15.5. The maximum absolute atomic E-state index is 12.4. The smallest absolute Gasteiger partial charge is 0.246 e. The van der Waals surface area contributed by atoms with Gasteiger partial charge in [-0.15, -0.1) is 10.2 Å². The fourth-order valence-electron chi connectivity index (χ4n) is 2.69. The Kier molecular flexibility index (Phi) is 5.59. The van der Waals surface area contributed by atoms with Crippen LogP contribution in [0.4, 0.5) is 0 Å². The van der Waals surface area contributed by atoms with Crippen LogP contribution in [-0.2, 0) is 16.8 Å². The Bertz CT molecular complexity index is 555. The van der Waals surface area contributed by atoms with Gasteiger partial charge in [0.05, 0.1) is 5.60 Å². The lowest BCUT2D eigenvalue weighted by atomic mass is 9.88. The van der Waals surface area contributed by atoms with E-state index in [0.717, 1.165) is 13.0 Å². The van der Waals surface area contributed by atoms with Gasteiger partial charge in [-0.1, -0.05) is 20.8 Å². The van der Waals surface area contributed by atoms with E-state index in [1.54, 1.807) is 4.90 Å². The molecule has 1 aromatic rings. The van der Waals surface area contributed by atoms with Gasteiger partial charge in [-0.2, -0.15) is 4.80 Å². The Morgan fingerprint density at radius 1 is 1.29 bits per heavy atom. The molecule has 0 aliphatic carbocycles. The van der Waals surface area contributed by atoms with Crippen molar-refractivity contribution < 1.29 is 9.90 Å². The lowest BCUT2D eigenvalue weighted by molar-refractivity contribution is -0.136. The number of amides is 1. The Hall–Kier alpha value is -1.54. The molecule has 0 spiro atoms. The van der Waals surface area contributed by atoms with Gasteiger partial charge in [0, 0.05) is 25.0 Å². The largest absolute Gasteiger partial charge is 0.390 e. The SMILES string of the molecule is CN(C)CCC1(O)CCN(C(=O)Cn2nnc(C(C)(C)C)n2)CC1. The second kappa shape index (κ2) is 7.14. The average Bonchev–Trinajstić information content (AvgIpc) is 2.94. The predicted octanol–water partition coefficient (Wildman–Crippen LogP) is 0.276. The van der Waals surface area contributed by atoms with Crippen molar-refractivity contribution in [1.29, 1.82) is 0 Å². The molecule has 24 heavy (non-hydrogen) atoms. The second-order valence-corrected chi connectivity index (χ2v) is 8.05. The van der Waals surface area contributed by atoms with Crippen molar-refractivity contribution in [3.8, 4) is 0 Å². The van der Waals surface area contributed by atoms with Crippen LogP contribution in [0.15, 0.2) is 0 Å². The monoisotopic (exact) mass is 338 g/mol.